The number of nitrogens with zero attached hydrogens (tertiary/aromatic N) is 2. The monoisotopic (exact) mass is 293 g/mol. The van der Waals surface area contributed by atoms with Crippen LogP contribution >= 0.6 is 0 Å². The Labute approximate surface area is 131 Å². The Hall–Kier alpha value is -2.13. The molecule has 0 spiro atoms. The standard InChI is InChI=1S/C19H23N3/c1-13-10-16-17(11-14(13)2)22(12-19(3,4)20)18(21-16)15-8-6-5-7-9-15/h5-11H,12,20H2,1-4H3. The highest BCUT2D eigenvalue weighted by molar-refractivity contribution is 5.82. The second-order valence-corrected chi connectivity index (χ2v) is 6.80. The summed E-state index contributed by atoms with van der Waals surface area (Å²) in [5, 5.41) is 0. The van der Waals surface area contributed by atoms with E-state index >= 15 is 0 Å². The highest BCUT2D eigenvalue weighted by atomic mass is 15.1. The van der Waals surface area contributed by atoms with Crippen molar-refractivity contribution in [1.29, 1.82) is 0 Å². The van der Waals surface area contributed by atoms with Crippen molar-refractivity contribution in [2.45, 2.75) is 39.8 Å². The predicted octanol–water partition coefficient (Wildman–Crippen LogP) is 4.06. The number of hydrogen-bond donors (Lipinski definition) is 1. The Kier molecular flexibility index (Phi) is 3.53. The first-order valence-corrected chi connectivity index (χ1v) is 7.67. The number of aromatic nitrogens is 2. The van der Waals surface area contributed by atoms with Gasteiger partial charge in [-0.05, 0) is 51.0 Å². The number of nitrogens with two attached hydrogens (primary N) is 1. The van der Waals surface area contributed by atoms with E-state index in [1.807, 2.05) is 18.2 Å². The topological polar surface area (TPSA) is 43.8 Å². The van der Waals surface area contributed by atoms with Crippen LogP contribution in [0.4, 0.5) is 0 Å². The predicted molar refractivity (Wildman–Crippen MR) is 92.9 cm³/mol. The molecule has 0 bridgehead atoms. The zero-order valence-electron chi connectivity index (χ0n) is 13.7. The molecule has 0 atom stereocenters. The molecular formula is C19H23N3. The minimum atomic E-state index is -0.296. The van der Waals surface area contributed by atoms with Gasteiger partial charge in [-0.15, -0.1) is 0 Å². The Morgan fingerprint density at radius 2 is 1.68 bits per heavy atom. The van der Waals surface area contributed by atoms with Gasteiger partial charge in [0, 0.05) is 17.6 Å². The van der Waals surface area contributed by atoms with Crippen LogP contribution in [-0.4, -0.2) is 15.1 Å². The van der Waals surface area contributed by atoms with Gasteiger partial charge in [-0.2, -0.15) is 0 Å². The number of fused-ring (bicyclic) bond motifs is 1. The Balaban J connectivity index is 2.28. The lowest BCUT2D eigenvalue weighted by Crippen LogP contribution is -2.37. The first-order chi connectivity index (χ1) is 10.3. The molecule has 3 aromatic rings. The molecular weight excluding hydrogens is 270 g/mol. The van der Waals surface area contributed by atoms with Crippen molar-refractivity contribution in [2.24, 2.45) is 5.73 Å². The summed E-state index contributed by atoms with van der Waals surface area (Å²) >= 11 is 0. The van der Waals surface area contributed by atoms with E-state index in [4.69, 9.17) is 10.7 Å². The lowest BCUT2D eigenvalue weighted by Gasteiger charge is -2.21. The third-order valence-electron chi connectivity index (χ3n) is 3.96. The summed E-state index contributed by atoms with van der Waals surface area (Å²) in [7, 11) is 0. The molecule has 0 saturated heterocycles. The lowest BCUT2D eigenvalue weighted by atomic mass is 10.1. The van der Waals surface area contributed by atoms with Gasteiger partial charge in [0.2, 0.25) is 0 Å². The maximum atomic E-state index is 6.28. The number of benzene rings is 2. The van der Waals surface area contributed by atoms with Gasteiger partial charge < -0.3 is 10.3 Å². The summed E-state index contributed by atoms with van der Waals surface area (Å²) in [5.41, 5.74) is 11.8. The highest BCUT2D eigenvalue weighted by Crippen LogP contribution is 2.28. The third-order valence-corrected chi connectivity index (χ3v) is 3.96. The molecule has 0 aliphatic rings. The SMILES string of the molecule is Cc1cc2nc(-c3ccccc3)n(CC(C)(C)N)c2cc1C. The molecule has 3 nitrogen and oxygen atoms in total. The van der Waals surface area contributed by atoms with Crippen molar-refractivity contribution in [2.75, 3.05) is 0 Å². The number of aryl methyl sites for hydroxylation is 2. The molecule has 114 valence electrons. The van der Waals surface area contributed by atoms with Crippen molar-refractivity contribution in [1.82, 2.24) is 9.55 Å². The quantitative estimate of drug-likeness (QED) is 0.791. The summed E-state index contributed by atoms with van der Waals surface area (Å²) in [6.45, 7) is 9.10. The molecule has 22 heavy (non-hydrogen) atoms. The number of rotatable bonds is 3. The van der Waals surface area contributed by atoms with Gasteiger partial charge in [-0.1, -0.05) is 30.3 Å². The number of hydrogen-bond acceptors (Lipinski definition) is 2. The van der Waals surface area contributed by atoms with Crippen LogP contribution < -0.4 is 5.73 Å². The fraction of sp³-hybridized carbons (Fsp3) is 0.316. The maximum Gasteiger partial charge on any atom is 0.141 e. The van der Waals surface area contributed by atoms with Crippen LogP contribution in [0.3, 0.4) is 0 Å². The van der Waals surface area contributed by atoms with Gasteiger partial charge in [0.05, 0.1) is 11.0 Å². The van der Waals surface area contributed by atoms with Crippen LogP contribution in [0.15, 0.2) is 42.5 Å². The third kappa shape index (κ3) is 2.77. The van der Waals surface area contributed by atoms with Crippen molar-refractivity contribution in [3.8, 4) is 11.4 Å². The van der Waals surface area contributed by atoms with Crippen LogP contribution in [0, 0.1) is 13.8 Å². The van der Waals surface area contributed by atoms with E-state index in [1.54, 1.807) is 0 Å². The van der Waals surface area contributed by atoms with E-state index in [0.29, 0.717) is 0 Å². The van der Waals surface area contributed by atoms with Gasteiger partial charge in [0.15, 0.2) is 0 Å². The van der Waals surface area contributed by atoms with Gasteiger partial charge in [-0.25, -0.2) is 4.98 Å². The zero-order valence-corrected chi connectivity index (χ0v) is 13.7. The molecule has 0 amide bonds. The van der Waals surface area contributed by atoms with E-state index in [-0.39, 0.29) is 5.54 Å². The van der Waals surface area contributed by atoms with Crippen molar-refractivity contribution >= 4 is 11.0 Å². The fourth-order valence-corrected chi connectivity index (χ4v) is 2.76. The van der Waals surface area contributed by atoms with E-state index in [9.17, 15) is 0 Å². The van der Waals surface area contributed by atoms with Crippen LogP contribution in [0.1, 0.15) is 25.0 Å². The number of imidazole rings is 1. The molecule has 3 heteroatoms. The summed E-state index contributed by atoms with van der Waals surface area (Å²) < 4.78 is 2.25. The van der Waals surface area contributed by atoms with Gasteiger partial charge in [-0.3, -0.25) is 0 Å². The zero-order chi connectivity index (χ0) is 15.9. The molecule has 0 aliphatic carbocycles. The molecule has 0 aliphatic heterocycles. The average Bonchev–Trinajstić information content (AvgIpc) is 2.77. The molecule has 0 fully saturated rings. The maximum absolute atomic E-state index is 6.28. The summed E-state index contributed by atoms with van der Waals surface area (Å²) in [6, 6.07) is 14.7. The van der Waals surface area contributed by atoms with Crippen LogP contribution in [-0.2, 0) is 6.54 Å². The van der Waals surface area contributed by atoms with E-state index in [0.717, 1.165) is 29.0 Å². The summed E-state index contributed by atoms with van der Waals surface area (Å²) in [4.78, 5) is 4.88. The molecule has 3 rings (SSSR count). The van der Waals surface area contributed by atoms with Crippen LogP contribution in [0.5, 0.6) is 0 Å². The minimum absolute atomic E-state index is 0.296. The minimum Gasteiger partial charge on any atom is -0.324 e. The van der Waals surface area contributed by atoms with E-state index in [2.05, 4.69) is 56.5 Å². The summed E-state index contributed by atoms with van der Waals surface area (Å²) in [6.07, 6.45) is 0. The molecule has 1 aromatic heterocycles. The largest absolute Gasteiger partial charge is 0.324 e. The first-order valence-electron chi connectivity index (χ1n) is 7.67. The average molecular weight is 293 g/mol. The molecule has 0 radical (unpaired) electrons. The van der Waals surface area contributed by atoms with Crippen LogP contribution in [0.2, 0.25) is 0 Å². The van der Waals surface area contributed by atoms with E-state index < -0.39 is 0 Å². The molecule has 2 aromatic carbocycles. The van der Waals surface area contributed by atoms with Gasteiger partial charge in [0.25, 0.3) is 0 Å². The molecule has 0 saturated carbocycles. The lowest BCUT2D eigenvalue weighted by molar-refractivity contribution is 0.442. The van der Waals surface area contributed by atoms with Crippen molar-refractivity contribution < 1.29 is 0 Å². The smallest absolute Gasteiger partial charge is 0.141 e. The van der Waals surface area contributed by atoms with Gasteiger partial charge in [0.1, 0.15) is 5.82 Å². The molecule has 2 N–H and O–H groups in total. The Morgan fingerprint density at radius 1 is 1.05 bits per heavy atom. The van der Waals surface area contributed by atoms with E-state index in [1.165, 1.54) is 11.1 Å². The second-order valence-electron chi connectivity index (χ2n) is 6.80. The normalized spacial score (nSPS) is 12.0. The first kappa shape index (κ1) is 14.8. The fourth-order valence-electron chi connectivity index (χ4n) is 2.76. The second kappa shape index (κ2) is 5.25. The Morgan fingerprint density at radius 3 is 2.32 bits per heavy atom. The van der Waals surface area contributed by atoms with Crippen LogP contribution in [0.25, 0.3) is 22.4 Å². The van der Waals surface area contributed by atoms with Gasteiger partial charge >= 0.3 is 0 Å². The summed E-state index contributed by atoms with van der Waals surface area (Å²) in [5.74, 6) is 0.985. The van der Waals surface area contributed by atoms with Crippen molar-refractivity contribution in [3.05, 3.63) is 53.6 Å². The molecule has 0 unspecified atom stereocenters. The van der Waals surface area contributed by atoms with Crippen molar-refractivity contribution in [3.63, 3.8) is 0 Å². The Bertz CT molecular complexity index is 808. The highest BCUT2D eigenvalue weighted by Gasteiger charge is 2.19. The molecule has 1 heterocycles.